The number of nitrogens with zero attached hydrogens (tertiary/aromatic N) is 1. The summed E-state index contributed by atoms with van der Waals surface area (Å²) in [6.45, 7) is 0.776. The van der Waals surface area contributed by atoms with Crippen LogP contribution in [0, 0.1) is 0 Å². The van der Waals surface area contributed by atoms with Crippen LogP contribution in [0.1, 0.15) is 36.0 Å². The summed E-state index contributed by atoms with van der Waals surface area (Å²) in [6, 6.07) is 7.27. The quantitative estimate of drug-likeness (QED) is 0.606. The molecule has 1 aromatic carbocycles. The van der Waals surface area contributed by atoms with Crippen LogP contribution in [0.4, 0.5) is 5.69 Å². The van der Waals surface area contributed by atoms with E-state index in [4.69, 9.17) is 11.6 Å². The maximum absolute atomic E-state index is 11.8. The maximum atomic E-state index is 11.8. The monoisotopic (exact) mass is 265 g/mol. The second kappa shape index (κ2) is 6.01. The average molecular weight is 266 g/mol. The van der Waals surface area contributed by atoms with E-state index in [9.17, 15) is 9.59 Å². The first-order chi connectivity index (χ1) is 8.72. The number of carbonyl (C=O) groups is 2. The summed E-state index contributed by atoms with van der Waals surface area (Å²) in [5, 5.41) is 0. The topological polar surface area (TPSA) is 37.4 Å². The van der Waals surface area contributed by atoms with Gasteiger partial charge in [0.25, 0.3) is 0 Å². The lowest BCUT2D eigenvalue weighted by molar-refractivity contribution is -0.117. The van der Waals surface area contributed by atoms with E-state index in [2.05, 4.69) is 0 Å². The molecule has 4 heteroatoms. The molecule has 96 valence electrons. The molecule has 0 aromatic heterocycles. The average Bonchev–Trinajstić information content (AvgIpc) is 2.82. The second-order valence-corrected chi connectivity index (χ2v) is 4.79. The Morgan fingerprint density at radius 2 is 2.00 bits per heavy atom. The number of rotatable bonds is 5. The van der Waals surface area contributed by atoms with Gasteiger partial charge in [0.15, 0.2) is 5.78 Å². The van der Waals surface area contributed by atoms with E-state index in [1.54, 1.807) is 17.0 Å². The smallest absolute Gasteiger partial charge is 0.227 e. The molecule has 0 radical (unpaired) electrons. The van der Waals surface area contributed by atoms with Crippen LogP contribution in [0.15, 0.2) is 24.3 Å². The minimum absolute atomic E-state index is 0.106. The highest BCUT2D eigenvalue weighted by atomic mass is 35.5. The summed E-state index contributed by atoms with van der Waals surface area (Å²) < 4.78 is 0. The van der Waals surface area contributed by atoms with Gasteiger partial charge in [0.1, 0.15) is 0 Å². The van der Waals surface area contributed by atoms with E-state index in [1.807, 2.05) is 12.1 Å². The summed E-state index contributed by atoms with van der Waals surface area (Å²) in [7, 11) is 0. The fraction of sp³-hybridized carbons (Fsp3) is 0.429. The summed E-state index contributed by atoms with van der Waals surface area (Å²) in [6.07, 6.45) is 2.71. The van der Waals surface area contributed by atoms with Crippen LogP contribution in [0.2, 0.25) is 0 Å². The van der Waals surface area contributed by atoms with Crippen LogP contribution in [-0.4, -0.2) is 24.1 Å². The molecule has 1 heterocycles. The van der Waals surface area contributed by atoms with E-state index in [1.165, 1.54) is 0 Å². The van der Waals surface area contributed by atoms with Gasteiger partial charge < -0.3 is 4.90 Å². The van der Waals surface area contributed by atoms with Crippen LogP contribution >= 0.6 is 11.6 Å². The summed E-state index contributed by atoms with van der Waals surface area (Å²) in [5.74, 6) is 0.776. The lowest BCUT2D eigenvalue weighted by Crippen LogP contribution is -2.23. The second-order valence-electron chi connectivity index (χ2n) is 4.41. The Bertz CT molecular complexity index is 442. The first-order valence-electron chi connectivity index (χ1n) is 6.22. The molecule has 1 aliphatic heterocycles. The van der Waals surface area contributed by atoms with Crippen molar-refractivity contribution in [2.75, 3.05) is 17.3 Å². The molecule has 0 bridgehead atoms. The van der Waals surface area contributed by atoms with Gasteiger partial charge in [-0.15, -0.1) is 11.6 Å². The van der Waals surface area contributed by atoms with E-state index in [-0.39, 0.29) is 11.7 Å². The van der Waals surface area contributed by atoms with Gasteiger partial charge in [0.2, 0.25) is 5.91 Å². The fourth-order valence-corrected chi connectivity index (χ4v) is 2.25. The van der Waals surface area contributed by atoms with Crippen molar-refractivity contribution in [1.82, 2.24) is 0 Å². The van der Waals surface area contributed by atoms with Crippen LogP contribution in [0.5, 0.6) is 0 Å². The number of Topliss-reactive ketones (excluding diaryl/α,β-unsaturated/α-hetero) is 1. The van der Waals surface area contributed by atoms with Gasteiger partial charge in [-0.3, -0.25) is 9.59 Å². The van der Waals surface area contributed by atoms with Gasteiger partial charge in [-0.25, -0.2) is 0 Å². The van der Waals surface area contributed by atoms with Crippen molar-refractivity contribution in [3.8, 4) is 0 Å². The predicted molar refractivity (Wildman–Crippen MR) is 72.3 cm³/mol. The first-order valence-corrected chi connectivity index (χ1v) is 6.75. The van der Waals surface area contributed by atoms with Crippen LogP contribution in [0.3, 0.4) is 0 Å². The SMILES string of the molecule is O=C(CCCCl)c1ccc(N2CCCC2=O)cc1. The number of amides is 1. The molecule has 0 aliphatic carbocycles. The Balaban J connectivity index is 2.05. The van der Waals surface area contributed by atoms with Crippen LogP contribution in [-0.2, 0) is 4.79 Å². The molecule has 0 atom stereocenters. The van der Waals surface area contributed by atoms with Gasteiger partial charge in [-0.2, -0.15) is 0 Å². The Hall–Kier alpha value is -1.35. The molecule has 0 saturated carbocycles. The van der Waals surface area contributed by atoms with E-state index in [0.717, 1.165) is 18.7 Å². The number of ketones is 1. The molecule has 0 unspecified atom stereocenters. The van der Waals surface area contributed by atoms with Crippen molar-refractivity contribution in [2.24, 2.45) is 0 Å². The fourth-order valence-electron chi connectivity index (χ4n) is 2.12. The molecule has 1 saturated heterocycles. The number of hydrogen-bond acceptors (Lipinski definition) is 2. The first kappa shape index (κ1) is 13.1. The molecule has 1 amide bonds. The van der Waals surface area contributed by atoms with Gasteiger partial charge in [0, 0.05) is 36.5 Å². The van der Waals surface area contributed by atoms with Gasteiger partial charge in [-0.05, 0) is 37.1 Å². The number of hydrogen-bond donors (Lipinski definition) is 0. The molecule has 1 aromatic rings. The van der Waals surface area contributed by atoms with Gasteiger partial charge in [-0.1, -0.05) is 0 Å². The number of alkyl halides is 1. The molecular weight excluding hydrogens is 250 g/mol. The van der Waals surface area contributed by atoms with E-state index in [0.29, 0.717) is 30.7 Å². The number of carbonyl (C=O) groups excluding carboxylic acids is 2. The Kier molecular flexibility index (Phi) is 4.37. The maximum Gasteiger partial charge on any atom is 0.227 e. The van der Waals surface area contributed by atoms with Crippen LogP contribution < -0.4 is 4.90 Å². The highest BCUT2D eigenvalue weighted by Crippen LogP contribution is 2.22. The van der Waals surface area contributed by atoms with Crippen molar-refractivity contribution < 1.29 is 9.59 Å². The lowest BCUT2D eigenvalue weighted by Gasteiger charge is -2.15. The zero-order chi connectivity index (χ0) is 13.0. The molecule has 1 aliphatic rings. The summed E-state index contributed by atoms with van der Waals surface area (Å²) >= 11 is 5.56. The number of benzene rings is 1. The highest BCUT2D eigenvalue weighted by Gasteiger charge is 2.21. The van der Waals surface area contributed by atoms with Crippen molar-refractivity contribution in [1.29, 1.82) is 0 Å². The van der Waals surface area contributed by atoms with Gasteiger partial charge in [0.05, 0.1) is 0 Å². The zero-order valence-corrected chi connectivity index (χ0v) is 10.9. The van der Waals surface area contributed by atoms with Crippen molar-refractivity contribution in [2.45, 2.75) is 25.7 Å². The zero-order valence-electron chi connectivity index (χ0n) is 10.2. The number of halogens is 1. The molecule has 18 heavy (non-hydrogen) atoms. The Morgan fingerprint density at radius 3 is 2.56 bits per heavy atom. The molecular formula is C14H16ClNO2. The Labute approximate surface area is 112 Å². The molecule has 2 rings (SSSR count). The van der Waals surface area contributed by atoms with Crippen LogP contribution in [0.25, 0.3) is 0 Å². The normalized spacial score (nSPS) is 15.2. The minimum Gasteiger partial charge on any atom is -0.312 e. The van der Waals surface area contributed by atoms with Crippen molar-refractivity contribution >= 4 is 29.0 Å². The molecule has 1 fully saturated rings. The summed E-state index contributed by atoms with van der Waals surface area (Å²) in [5.41, 5.74) is 1.57. The summed E-state index contributed by atoms with van der Waals surface area (Å²) in [4.78, 5) is 25.1. The standard InChI is InChI=1S/C14H16ClNO2/c15-9-1-3-13(17)11-5-7-12(8-6-11)16-10-2-4-14(16)18/h5-8H,1-4,9-10H2. The minimum atomic E-state index is 0.106. The molecule has 0 N–H and O–H groups in total. The third kappa shape index (κ3) is 2.91. The van der Waals surface area contributed by atoms with E-state index >= 15 is 0 Å². The molecule has 3 nitrogen and oxygen atoms in total. The largest absolute Gasteiger partial charge is 0.312 e. The molecule has 0 spiro atoms. The van der Waals surface area contributed by atoms with Crippen molar-refractivity contribution in [3.05, 3.63) is 29.8 Å². The lowest BCUT2D eigenvalue weighted by atomic mass is 10.1. The van der Waals surface area contributed by atoms with E-state index < -0.39 is 0 Å². The van der Waals surface area contributed by atoms with Crippen molar-refractivity contribution in [3.63, 3.8) is 0 Å². The van der Waals surface area contributed by atoms with Gasteiger partial charge >= 0.3 is 0 Å². The highest BCUT2D eigenvalue weighted by molar-refractivity contribution is 6.18. The third-order valence-electron chi connectivity index (χ3n) is 3.11. The number of anilines is 1. The Morgan fingerprint density at radius 1 is 1.28 bits per heavy atom. The third-order valence-corrected chi connectivity index (χ3v) is 3.38. The predicted octanol–water partition coefficient (Wildman–Crippen LogP) is 3.02.